The Morgan fingerprint density at radius 1 is 1.38 bits per heavy atom. The minimum Gasteiger partial charge on any atom is -0.384 e. The van der Waals surface area contributed by atoms with Crippen molar-refractivity contribution in [1.82, 2.24) is 5.32 Å². The van der Waals surface area contributed by atoms with Crippen LogP contribution in [0.1, 0.15) is 13.3 Å². The zero-order chi connectivity index (χ0) is 11.9. The van der Waals surface area contributed by atoms with Crippen molar-refractivity contribution in [3.8, 4) is 0 Å². The van der Waals surface area contributed by atoms with Gasteiger partial charge in [-0.05, 0) is 12.3 Å². The Hall–Kier alpha value is -0.160. The molecule has 16 heavy (non-hydrogen) atoms. The molecule has 0 saturated carbocycles. The minimum absolute atomic E-state index is 0.240. The molecule has 1 saturated heterocycles. The van der Waals surface area contributed by atoms with Crippen LogP contribution in [0.25, 0.3) is 0 Å². The number of nitrogens with one attached hydrogen (secondary N) is 1. The Morgan fingerprint density at radius 3 is 2.75 bits per heavy atom. The Balaban J connectivity index is 2.38. The van der Waals surface area contributed by atoms with Crippen LogP contribution >= 0.6 is 0 Å². The lowest BCUT2D eigenvalue weighted by Crippen LogP contribution is -2.42. The fourth-order valence-corrected chi connectivity index (χ4v) is 2.26. The first-order valence-corrected chi connectivity index (χ1v) is 6.01. The molecule has 1 aliphatic heterocycles. The Kier molecular flexibility index (Phi) is 6.28. The second kappa shape index (κ2) is 7.22. The smallest absolute Gasteiger partial charge is 0.0587 e. The highest BCUT2D eigenvalue weighted by molar-refractivity contribution is 4.89. The first-order chi connectivity index (χ1) is 7.75. The van der Waals surface area contributed by atoms with E-state index in [-0.39, 0.29) is 5.41 Å². The van der Waals surface area contributed by atoms with Crippen LogP contribution in [0.5, 0.6) is 0 Å². The van der Waals surface area contributed by atoms with Gasteiger partial charge in [0, 0.05) is 45.9 Å². The number of hydrogen-bond donors (Lipinski definition) is 1. The highest BCUT2D eigenvalue weighted by atomic mass is 16.5. The van der Waals surface area contributed by atoms with E-state index in [0.29, 0.717) is 5.92 Å². The highest BCUT2D eigenvalue weighted by Gasteiger charge is 2.39. The second-order valence-electron chi connectivity index (χ2n) is 4.69. The van der Waals surface area contributed by atoms with E-state index in [9.17, 15) is 0 Å². The summed E-state index contributed by atoms with van der Waals surface area (Å²) in [6.45, 7) is 7.41. The van der Waals surface area contributed by atoms with Crippen LogP contribution in [-0.2, 0) is 14.2 Å². The van der Waals surface area contributed by atoms with Crippen molar-refractivity contribution < 1.29 is 14.2 Å². The van der Waals surface area contributed by atoms with Crippen molar-refractivity contribution in [2.75, 3.05) is 53.7 Å². The van der Waals surface area contributed by atoms with Crippen LogP contribution in [0.3, 0.4) is 0 Å². The SMILES string of the molecule is COCCNCC1(C(C)COC)CCOC1. The van der Waals surface area contributed by atoms with E-state index >= 15 is 0 Å². The van der Waals surface area contributed by atoms with Crippen molar-refractivity contribution in [3.05, 3.63) is 0 Å². The molecule has 0 aromatic carbocycles. The third kappa shape index (κ3) is 3.70. The molecular formula is C12H25NO3. The zero-order valence-corrected chi connectivity index (χ0v) is 10.8. The lowest BCUT2D eigenvalue weighted by molar-refractivity contribution is 0.0534. The molecule has 2 unspecified atom stereocenters. The van der Waals surface area contributed by atoms with Gasteiger partial charge in [-0.3, -0.25) is 0 Å². The van der Waals surface area contributed by atoms with Gasteiger partial charge in [-0.1, -0.05) is 6.92 Å². The van der Waals surface area contributed by atoms with Gasteiger partial charge in [0.1, 0.15) is 0 Å². The summed E-state index contributed by atoms with van der Waals surface area (Å²) in [6, 6.07) is 0. The summed E-state index contributed by atoms with van der Waals surface area (Å²) in [4.78, 5) is 0. The van der Waals surface area contributed by atoms with Crippen molar-refractivity contribution in [2.24, 2.45) is 11.3 Å². The summed E-state index contributed by atoms with van der Waals surface area (Å²) in [5, 5.41) is 3.45. The molecule has 1 aliphatic rings. The molecule has 0 aliphatic carbocycles. The maximum Gasteiger partial charge on any atom is 0.0587 e. The maximum atomic E-state index is 5.56. The van der Waals surface area contributed by atoms with Crippen molar-refractivity contribution in [1.29, 1.82) is 0 Å². The fraction of sp³-hybridized carbons (Fsp3) is 1.00. The molecule has 96 valence electrons. The number of ether oxygens (including phenoxy) is 3. The molecule has 0 aromatic heterocycles. The monoisotopic (exact) mass is 231 g/mol. The zero-order valence-electron chi connectivity index (χ0n) is 10.8. The van der Waals surface area contributed by atoms with E-state index in [0.717, 1.165) is 45.9 Å². The largest absolute Gasteiger partial charge is 0.384 e. The standard InChI is InChI=1S/C12H25NO3/c1-11(8-15-3)12(4-6-16-10-12)9-13-5-7-14-2/h11,13H,4-10H2,1-3H3. The molecule has 0 spiro atoms. The van der Waals surface area contributed by atoms with Gasteiger partial charge in [-0.25, -0.2) is 0 Å². The molecule has 0 radical (unpaired) electrons. The number of rotatable bonds is 8. The van der Waals surface area contributed by atoms with Crippen molar-refractivity contribution >= 4 is 0 Å². The summed E-state index contributed by atoms with van der Waals surface area (Å²) in [5.74, 6) is 0.523. The van der Waals surface area contributed by atoms with Crippen LogP contribution in [-0.4, -0.2) is 53.7 Å². The van der Waals surface area contributed by atoms with E-state index in [4.69, 9.17) is 14.2 Å². The van der Waals surface area contributed by atoms with Gasteiger partial charge in [0.2, 0.25) is 0 Å². The summed E-state index contributed by atoms with van der Waals surface area (Å²) in [7, 11) is 3.49. The summed E-state index contributed by atoms with van der Waals surface area (Å²) < 4.78 is 15.8. The normalized spacial score (nSPS) is 27.2. The van der Waals surface area contributed by atoms with Gasteiger partial charge in [-0.15, -0.1) is 0 Å². The van der Waals surface area contributed by atoms with E-state index in [1.165, 1.54) is 0 Å². The lowest BCUT2D eigenvalue weighted by atomic mass is 9.76. The topological polar surface area (TPSA) is 39.7 Å². The average Bonchev–Trinajstić information content (AvgIpc) is 2.75. The van der Waals surface area contributed by atoms with Gasteiger partial charge < -0.3 is 19.5 Å². The molecule has 1 heterocycles. The highest BCUT2D eigenvalue weighted by Crippen LogP contribution is 2.36. The lowest BCUT2D eigenvalue weighted by Gasteiger charge is -2.34. The van der Waals surface area contributed by atoms with Gasteiger partial charge in [0.05, 0.1) is 13.2 Å². The van der Waals surface area contributed by atoms with Gasteiger partial charge >= 0.3 is 0 Å². The van der Waals surface area contributed by atoms with E-state index in [1.54, 1.807) is 14.2 Å². The number of hydrogen-bond acceptors (Lipinski definition) is 4. The first-order valence-electron chi connectivity index (χ1n) is 6.01. The molecular weight excluding hydrogens is 206 g/mol. The Bertz CT molecular complexity index is 181. The molecule has 2 atom stereocenters. The number of methoxy groups -OCH3 is 2. The summed E-state index contributed by atoms with van der Waals surface area (Å²) in [5.41, 5.74) is 0.240. The second-order valence-corrected chi connectivity index (χ2v) is 4.69. The Morgan fingerprint density at radius 2 is 2.19 bits per heavy atom. The third-order valence-electron chi connectivity index (χ3n) is 3.56. The molecule has 4 heteroatoms. The Labute approximate surface area is 98.6 Å². The van der Waals surface area contributed by atoms with E-state index in [2.05, 4.69) is 12.2 Å². The van der Waals surface area contributed by atoms with Crippen molar-refractivity contribution in [3.63, 3.8) is 0 Å². The quantitative estimate of drug-likeness (QED) is 0.630. The molecule has 0 aromatic rings. The predicted octanol–water partition coefficient (Wildman–Crippen LogP) is 0.912. The molecule has 1 rings (SSSR count). The van der Waals surface area contributed by atoms with E-state index < -0.39 is 0 Å². The average molecular weight is 231 g/mol. The fourth-order valence-electron chi connectivity index (χ4n) is 2.26. The molecule has 1 fully saturated rings. The van der Waals surface area contributed by atoms with Crippen LogP contribution < -0.4 is 5.32 Å². The van der Waals surface area contributed by atoms with Crippen LogP contribution in [0.15, 0.2) is 0 Å². The van der Waals surface area contributed by atoms with Crippen LogP contribution in [0.4, 0.5) is 0 Å². The van der Waals surface area contributed by atoms with Gasteiger partial charge in [0.25, 0.3) is 0 Å². The predicted molar refractivity (Wildman–Crippen MR) is 63.7 cm³/mol. The van der Waals surface area contributed by atoms with Gasteiger partial charge in [-0.2, -0.15) is 0 Å². The molecule has 1 N–H and O–H groups in total. The van der Waals surface area contributed by atoms with Crippen LogP contribution in [0.2, 0.25) is 0 Å². The maximum absolute atomic E-state index is 5.56. The van der Waals surface area contributed by atoms with Crippen molar-refractivity contribution in [2.45, 2.75) is 13.3 Å². The first kappa shape index (κ1) is 13.9. The van der Waals surface area contributed by atoms with E-state index in [1.807, 2.05) is 0 Å². The molecule has 0 amide bonds. The molecule has 0 bridgehead atoms. The molecule has 4 nitrogen and oxygen atoms in total. The minimum atomic E-state index is 0.240. The summed E-state index contributed by atoms with van der Waals surface area (Å²) in [6.07, 6.45) is 1.12. The third-order valence-corrected chi connectivity index (χ3v) is 3.56. The van der Waals surface area contributed by atoms with Crippen LogP contribution in [0, 0.1) is 11.3 Å². The van der Waals surface area contributed by atoms with Gasteiger partial charge in [0.15, 0.2) is 0 Å². The summed E-state index contributed by atoms with van der Waals surface area (Å²) >= 11 is 0.